The third-order valence-electron chi connectivity index (χ3n) is 5.95. The van der Waals surface area contributed by atoms with E-state index in [0.29, 0.717) is 23.7 Å². The van der Waals surface area contributed by atoms with Crippen LogP contribution in [0.4, 0.5) is 4.39 Å². The highest BCUT2D eigenvalue weighted by atomic mass is 19.1. The van der Waals surface area contributed by atoms with Gasteiger partial charge in [0.1, 0.15) is 11.4 Å². The molecule has 0 aliphatic carbocycles. The summed E-state index contributed by atoms with van der Waals surface area (Å²) >= 11 is 0. The molecule has 0 amide bonds. The Balaban J connectivity index is 1.50. The Bertz CT molecular complexity index is 1540. The van der Waals surface area contributed by atoms with E-state index in [1.165, 1.54) is 17.7 Å². The molecule has 0 saturated heterocycles. The molecule has 0 saturated carbocycles. The second-order valence-electron chi connectivity index (χ2n) is 8.22. The number of tetrazole rings is 1. The fraction of sp³-hybridized carbons (Fsp3) is 0.192. The molecule has 0 unspecified atom stereocenters. The van der Waals surface area contributed by atoms with E-state index in [0.717, 1.165) is 28.8 Å². The number of H-pyrrole nitrogens is 1. The van der Waals surface area contributed by atoms with Gasteiger partial charge in [-0.15, -0.1) is 10.2 Å². The van der Waals surface area contributed by atoms with Crippen LogP contribution >= 0.6 is 0 Å². The number of pyridine rings is 1. The maximum Gasteiger partial charge on any atom is 0.333 e. The predicted molar refractivity (Wildman–Crippen MR) is 132 cm³/mol. The molecule has 3 aromatic heterocycles. The minimum atomic E-state index is -0.528. The summed E-state index contributed by atoms with van der Waals surface area (Å²) in [7, 11) is 1.45. The van der Waals surface area contributed by atoms with Crippen molar-refractivity contribution in [1.82, 2.24) is 34.7 Å². The lowest BCUT2D eigenvalue weighted by Gasteiger charge is -2.10. The van der Waals surface area contributed by atoms with Crippen molar-refractivity contribution in [2.45, 2.75) is 26.3 Å². The number of methoxy groups -OCH3 is 1. The monoisotopic (exact) mass is 485 g/mol. The zero-order valence-electron chi connectivity index (χ0n) is 19.8. The second kappa shape index (κ2) is 9.95. The van der Waals surface area contributed by atoms with Gasteiger partial charge in [-0.25, -0.2) is 9.18 Å². The molecule has 1 N–H and O–H groups in total. The van der Waals surface area contributed by atoms with Gasteiger partial charge >= 0.3 is 5.69 Å². The van der Waals surface area contributed by atoms with Crippen molar-refractivity contribution < 1.29 is 9.13 Å². The summed E-state index contributed by atoms with van der Waals surface area (Å²) in [6.07, 6.45) is 4.93. The van der Waals surface area contributed by atoms with E-state index in [1.807, 2.05) is 43.3 Å². The molecule has 0 bridgehead atoms. The Morgan fingerprint density at radius 2 is 1.89 bits per heavy atom. The third-order valence-corrected chi connectivity index (χ3v) is 5.95. The molecule has 5 aromatic rings. The molecule has 2 aromatic carbocycles. The number of aromatic nitrogens is 7. The number of para-hydroxylation sites is 1. The van der Waals surface area contributed by atoms with Crippen LogP contribution in [0.25, 0.3) is 28.2 Å². The molecule has 0 radical (unpaired) electrons. The van der Waals surface area contributed by atoms with Gasteiger partial charge in [0.2, 0.25) is 5.82 Å². The van der Waals surface area contributed by atoms with Crippen molar-refractivity contribution in [3.8, 4) is 34.0 Å². The molecule has 0 fully saturated rings. The lowest BCUT2D eigenvalue weighted by Crippen LogP contribution is -2.25. The first-order valence-corrected chi connectivity index (χ1v) is 11.5. The molecule has 36 heavy (non-hydrogen) atoms. The van der Waals surface area contributed by atoms with E-state index in [2.05, 4.69) is 25.6 Å². The maximum absolute atomic E-state index is 14.7. The minimum absolute atomic E-state index is 0.0995. The number of benzene rings is 2. The summed E-state index contributed by atoms with van der Waals surface area (Å²) in [5.41, 5.74) is 3.87. The van der Waals surface area contributed by atoms with E-state index in [4.69, 9.17) is 4.74 Å². The summed E-state index contributed by atoms with van der Waals surface area (Å²) in [4.78, 5) is 18.0. The van der Waals surface area contributed by atoms with E-state index in [-0.39, 0.29) is 17.9 Å². The van der Waals surface area contributed by atoms with Crippen molar-refractivity contribution in [2.75, 3.05) is 7.11 Å². The number of ether oxygens (including phenoxy) is 1. The normalized spacial score (nSPS) is 11.1. The molecule has 0 atom stereocenters. The van der Waals surface area contributed by atoms with Crippen molar-refractivity contribution in [3.63, 3.8) is 0 Å². The number of hydrogen-bond donors (Lipinski definition) is 1. The van der Waals surface area contributed by atoms with Crippen LogP contribution in [0.2, 0.25) is 0 Å². The number of nitrogens with zero attached hydrogens (tertiary/aromatic N) is 6. The highest BCUT2D eigenvalue weighted by Gasteiger charge is 2.19. The highest BCUT2D eigenvalue weighted by Crippen LogP contribution is 2.29. The van der Waals surface area contributed by atoms with Crippen LogP contribution in [0.5, 0.6) is 5.75 Å². The van der Waals surface area contributed by atoms with Crippen LogP contribution in [-0.2, 0) is 13.0 Å². The summed E-state index contributed by atoms with van der Waals surface area (Å²) in [6.45, 7) is 2.29. The van der Waals surface area contributed by atoms with Crippen LogP contribution in [0.3, 0.4) is 0 Å². The third kappa shape index (κ3) is 4.28. The Kier molecular flexibility index (Phi) is 6.40. The molecule has 0 aliphatic heterocycles. The molecule has 0 aliphatic rings. The fourth-order valence-corrected chi connectivity index (χ4v) is 4.25. The van der Waals surface area contributed by atoms with E-state index in [1.54, 1.807) is 29.1 Å². The standard InChI is InChI=1S/C26H24FN7O2/c1-3-7-19-16-34(24-22(27)10-6-11-23(24)36-2)26(35)33(19)15-18-13-12-17(14-28-18)20-8-4-5-9-21(20)25-29-31-32-30-25/h4-6,8-14,16H,3,7,15H2,1-2H3,(H,29,30,31,32). The lowest BCUT2D eigenvalue weighted by molar-refractivity contribution is 0.408. The number of aromatic amines is 1. The van der Waals surface area contributed by atoms with Gasteiger partial charge in [-0.2, -0.15) is 5.21 Å². The zero-order valence-corrected chi connectivity index (χ0v) is 19.8. The van der Waals surface area contributed by atoms with Gasteiger partial charge in [-0.05, 0) is 35.4 Å². The van der Waals surface area contributed by atoms with Gasteiger partial charge < -0.3 is 4.74 Å². The Labute approximate surface area is 206 Å². The van der Waals surface area contributed by atoms with Gasteiger partial charge in [0.05, 0.1) is 19.3 Å². The Morgan fingerprint density at radius 1 is 1.06 bits per heavy atom. The summed E-state index contributed by atoms with van der Waals surface area (Å²) in [6, 6.07) is 16.1. The molecule has 3 heterocycles. The molecule has 5 rings (SSSR count). The van der Waals surface area contributed by atoms with Gasteiger partial charge in [0.15, 0.2) is 5.82 Å². The van der Waals surface area contributed by atoms with Gasteiger partial charge in [-0.3, -0.25) is 14.1 Å². The zero-order chi connectivity index (χ0) is 25.1. The molecule has 0 spiro atoms. The smallest absolute Gasteiger partial charge is 0.333 e. The topological polar surface area (TPSA) is 104 Å². The molecular formula is C26H24FN7O2. The Hall–Kier alpha value is -4.60. The highest BCUT2D eigenvalue weighted by molar-refractivity contribution is 5.79. The number of nitrogens with one attached hydrogen (secondary N) is 1. The largest absolute Gasteiger partial charge is 0.494 e. The van der Waals surface area contributed by atoms with Gasteiger partial charge in [0, 0.05) is 29.2 Å². The Morgan fingerprint density at radius 3 is 2.58 bits per heavy atom. The first kappa shape index (κ1) is 23.2. The number of aryl methyl sites for hydroxylation is 1. The van der Waals surface area contributed by atoms with Crippen LogP contribution in [0.15, 0.2) is 71.8 Å². The van der Waals surface area contributed by atoms with Gasteiger partial charge in [0.25, 0.3) is 0 Å². The maximum atomic E-state index is 14.7. The molecule has 9 nitrogen and oxygen atoms in total. The quantitative estimate of drug-likeness (QED) is 0.356. The first-order valence-electron chi connectivity index (χ1n) is 11.5. The first-order chi connectivity index (χ1) is 17.6. The van der Waals surface area contributed by atoms with Crippen molar-refractivity contribution in [1.29, 1.82) is 0 Å². The molecule has 182 valence electrons. The van der Waals surface area contributed by atoms with E-state index < -0.39 is 5.82 Å². The van der Waals surface area contributed by atoms with Crippen LogP contribution in [0, 0.1) is 5.82 Å². The van der Waals surface area contributed by atoms with Crippen molar-refractivity contribution in [2.24, 2.45) is 0 Å². The molecule has 10 heteroatoms. The summed E-state index contributed by atoms with van der Waals surface area (Å²) < 4.78 is 23.0. The second-order valence-corrected chi connectivity index (χ2v) is 8.22. The van der Waals surface area contributed by atoms with E-state index in [9.17, 15) is 9.18 Å². The molecular weight excluding hydrogens is 461 g/mol. The summed E-state index contributed by atoms with van der Waals surface area (Å²) in [5, 5.41) is 14.3. The number of imidazole rings is 1. The fourth-order valence-electron chi connectivity index (χ4n) is 4.25. The van der Waals surface area contributed by atoms with Crippen molar-refractivity contribution in [3.05, 3.63) is 94.7 Å². The van der Waals surface area contributed by atoms with Crippen LogP contribution in [0.1, 0.15) is 24.7 Å². The van der Waals surface area contributed by atoms with E-state index >= 15 is 0 Å². The average Bonchev–Trinajstić information content (AvgIpc) is 3.54. The number of rotatable bonds is 8. The predicted octanol–water partition coefficient (Wildman–Crippen LogP) is 4.03. The minimum Gasteiger partial charge on any atom is -0.494 e. The number of hydrogen-bond acceptors (Lipinski definition) is 6. The van der Waals surface area contributed by atoms with Gasteiger partial charge in [-0.1, -0.05) is 49.7 Å². The summed E-state index contributed by atoms with van der Waals surface area (Å²) in [5.74, 6) is 0.259. The number of halogens is 1. The SMILES string of the molecule is CCCc1cn(-c2c(F)cccc2OC)c(=O)n1Cc1ccc(-c2ccccc2-c2nn[nH]n2)cn1. The average molecular weight is 486 g/mol. The lowest BCUT2D eigenvalue weighted by atomic mass is 10.0. The van der Waals surface area contributed by atoms with Crippen LogP contribution < -0.4 is 10.4 Å². The van der Waals surface area contributed by atoms with Crippen molar-refractivity contribution >= 4 is 0 Å². The van der Waals surface area contributed by atoms with Crippen LogP contribution in [-0.4, -0.2) is 41.9 Å².